The molecule has 0 aliphatic heterocycles. The topological polar surface area (TPSA) is 101 Å². The number of aromatic nitrogens is 2. The van der Waals surface area contributed by atoms with Gasteiger partial charge in [-0.2, -0.15) is 0 Å². The van der Waals surface area contributed by atoms with Gasteiger partial charge < -0.3 is 5.32 Å². The van der Waals surface area contributed by atoms with Crippen molar-refractivity contribution in [2.45, 2.75) is 11.3 Å². The summed E-state index contributed by atoms with van der Waals surface area (Å²) in [5, 5.41) is 11.3. The Balaban J connectivity index is 1.53. The normalized spacial score (nSPS) is 11.4. The summed E-state index contributed by atoms with van der Waals surface area (Å²) in [6, 6.07) is 11.5. The number of rotatable bonds is 7. The fraction of sp³-hybridized carbons (Fsp3) is 0.118. The van der Waals surface area contributed by atoms with E-state index in [1.807, 2.05) is 30.3 Å². The second kappa shape index (κ2) is 8.50. The van der Waals surface area contributed by atoms with Crippen LogP contribution in [0.3, 0.4) is 0 Å². The molecular weight excluding hydrogens is 410 g/mol. The van der Waals surface area contributed by atoms with Gasteiger partial charge in [0.25, 0.3) is 0 Å². The Kier molecular flexibility index (Phi) is 6.07. The largest absolute Gasteiger partial charge is 0.300 e. The van der Waals surface area contributed by atoms with Crippen LogP contribution in [0.2, 0.25) is 0 Å². The van der Waals surface area contributed by atoms with Gasteiger partial charge in [-0.1, -0.05) is 41.7 Å². The maximum atomic E-state index is 13.2. The Morgan fingerprint density at radius 2 is 1.79 bits per heavy atom. The molecule has 2 aromatic carbocycles. The number of nitrogens with one attached hydrogen (secondary N) is 2. The van der Waals surface area contributed by atoms with E-state index in [1.54, 1.807) is 0 Å². The second-order valence-electron chi connectivity index (χ2n) is 5.55. The number of hydrogen-bond donors (Lipinski definition) is 2. The van der Waals surface area contributed by atoms with Crippen LogP contribution in [0.4, 0.5) is 13.9 Å². The van der Waals surface area contributed by atoms with E-state index in [0.717, 1.165) is 17.7 Å². The van der Waals surface area contributed by atoms with Gasteiger partial charge in [-0.05, 0) is 18.2 Å². The Bertz CT molecular complexity index is 1090. The molecule has 0 saturated heterocycles. The highest BCUT2D eigenvalue weighted by atomic mass is 32.2. The van der Waals surface area contributed by atoms with Gasteiger partial charge in [0, 0.05) is 18.5 Å². The third-order valence-corrected chi connectivity index (χ3v) is 5.88. The predicted molar refractivity (Wildman–Crippen MR) is 100 cm³/mol. The minimum Gasteiger partial charge on any atom is -0.300 e. The van der Waals surface area contributed by atoms with Crippen LogP contribution in [0.1, 0.15) is 6.42 Å². The van der Waals surface area contributed by atoms with Gasteiger partial charge in [0.15, 0.2) is 11.6 Å². The van der Waals surface area contributed by atoms with Crippen LogP contribution in [0.25, 0.3) is 10.6 Å². The molecular formula is C17H14F2N4O3S2. The number of carbonyl (C=O) groups excluding carboxylic acids is 1. The van der Waals surface area contributed by atoms with Crippen LogP contribution < -0.4 is 10.0 Å². The molecule has 3 rings (SSSR count). The van der Waals surface area contributed by atoms with Gasteiger partial charge >= 0.3 is 0 Å². The third-order valence-electron chi connectivity index (χ3n) is 3.54. The standard InChI is InChI=1S/C17H14F2N4O3S2/c18-13-7-6-12(10-14(13)19)28(25,26)20-9-8-15(24)21-17-23-22-16(27-17)11-4-2-1-3-5-11/h1-7,10,20H,8-9H2,(H,21,23,24). The molecule has 28 heavy (non-hydrogen) atoms. The SMILES string of the molecule is O=C(CCNS(=O)(=O)c1ccc(F)c(F)c1)Nc1nnc(-c2ccccc2)s1. The molecule has 1 aromatic heterocycles. The molecule has 0 aliphatic rings. The smallest absolute Gasteiger partial charge is 0.240 e. The van der Waals surface area contributed by atoms with Crippen LogP contribution in [0, 0.1) is 11.6 Å². The molecule has 0 unspecified atom stereocenters. The number of benzene rings is 2. The van der Waals surface area contributed by atoms with E-state index in [0.29, 0.717) is 11.1 Å². The minimum atomic E-state index is -4.06. The van der Waals surface area contributed by atoms with Crippen molar-refractivity contribution in [2.24, 2.45) is 0 Å². The number of nitrogens with zero attached hydrogens (tertiary/aromatic N) is 2. The summed E-state index contributed by atoms with van der Waals surface area (Å²) >= 11 is 1.18. The molecule has 2 N–H and O–H groups in total. The molecule has 0 saturated carbocycles. The first-order chi connectivity index (χ1) is 13.3. The lowest BCUT2D eigenvalue weighted by atomic mass is 10.2. The lowest BCUT2D eigenvalue weighted by Crippen LogP contribution is -2.28. The van der Waals surface area contributed by atoms with Crippen molar-refractivity contribution < 1.29 is 22.0 Å². The monoisotopic (exact) mass is 424 g/mol. The molecule has 11 heteroatoms. The first kappa shape index (κ1) is 20.0. The molecule has 0 spiro atoms. The second-order valence-corrected chi connectivity index (χ2v) is 8.29. The summed E-state index contributed by atoms with van der Waals surface area (Å²) < 4.78 is 52.3. The minimum absolute atomic E-state index is 0.177. The average Bonchev–Trinajstić information content (AvgIpc) is 3.13. The predicted octanol–water partition coefficient (Wildman–Crippen LogP) is 2.79. The summed E-state index contributed by atoms with van der Waals surface area (Å²) in [6.07, 6.45) is -0.177. The quantitative estimate of drug-likeness (QED) is 0.607. The first-order valence-electron chi connectivity index (χ1n) is 7.98. The van der Waals surface area contributed by atoms with E-state index >= 15 is 0 Å². The molecule has 3 aromatic rings. The van der Waals surface area contributed by atoms with Crippen LogP contribution in [-0.2, 0) is 14.8 Å². The van der Waals surface area contributed by atoms with Crippen LogP contribution >= 0.6 is 11.3 Å². The van der Waals surface area contributed by atoms with Crippen LogP contribution in [0.5, 0.6) is 0 Å². The zero-order chi connectivity index (χ0) is 20.1. The van der Waals surface area contributed by atoms with Crippen molar-refractivity contribution >= 4 is 32.4 Å². The molecule has 0 atom stereocenters. The first-order valence-corrected chi connectivity index (χ1v) is 10.3. The molecule has 0 fully saturated rings. The zero-order valence-corrected chi connectivity index (χ0v) is 15.9. The molecule has 0 bridgehead atoms. The van der Waals surface area contributed by atoms with Crippen molar-refractivity contribution in [1.29, 1.82) is 0 Å². The highest BCUT2D eigenvalue weighted by molar-refractivity contribution is 7.89. The molecule has 0 aliphatic carbocycles. The lowest BCUT2D eigenvalue weighted by Gasteiger charge is -2.07. The van der Waals surface area contributed by atoms with E-state index in [2.05, 4.69) is 20.2 Å². The summed E-state index contributed by atoms with van der Waals surface area (Å²) in [7, 11) is -4.06. The number of hydrogen-bond acceptors (Lipinski definition) is 6. The summed E-state index contributed by atoms with van der Waals surface area (Å²) in [4.78, 5) is 11.5. The Hall–Kier alpha value is -2.76. The van der Waals surface area contributed by atoms with Crippen LogP contribution in [0.15, 0.2) is 53.4 Å². The fourth-order valence-corrected chi connectivity index (χ4v) is 3.99. The summed E-state index contributed by atoms with van der Waals surface area (Å²) in [5.74, 6) is -2.89. The van der Waals surface area contributed by atoms with E-state index in [9.17, 15) is 22.0 Å². The van der Waals surface area contributed by atoms with Gasteiger partial charge in [-0.15, -0.1) is 10.2 Å². The van der Waals surface area contributed by atoms with Gasteiger partial charge in [-0.3, -0.25) is 4.79 Å². The van der Waals surface area contributed by atoms with Crippen LogP contribution in [-0.4, -0.2) is 31.1 Å². The number of carbonyl (C=O) groups is 1. The maximum absolute atomic E-state index is 13.2. The van der Waals surface area contributed by atoms with Gasteiger partial charge in [-0.25, -0.2) is 21.9 Å². The Labute approximate surface area is 163 Å². The lowest BCUT2D eigenvalue weighted by molar-refractivity contribution is -0.116. The molecule has 7 nitrogen and oxygen atoms in total. The Morgan fingerprint density at radius 3 is 2.50 bits per heavy atom. The van der Waals surface area contributed by atoms with Crippen molar-refractivity contribution in [3.8, 4) is 10.6 Å². The van der Waals surface area contributed by atoms with Gasteiger partial charge in [0.1, 0.15) is 5.01 Å². The van der Waals surface area contributed by atoms with Crippen molar-refractivity contribution in [3.63, 3.8) is 0 Å². The zero-order valence-electron chi connectivity index (χ0n) is 14.2. The molecule has 0 radical (unpaired) electrons. The number of amides is 1. The van der Waals surface area contributed by atoms with Crippen molar-refractivity contribution in [1.82, 2.24) is 14.9 Å². The molecule has 1 amide bonds. The highest BCUT2D eigenvalue weighted by Gasteiger charge is 2.17. The summed E-state index contributed by atoms with van der Waals surface area (Å²) in [6.45, 7) is -0.225. The number of anilines is 1. The fourth-order valence-electron chi connectivity index (χ4n) is 2.18. The number of halogens is 2. The van der Waals surface area contributed by atoms with Crippen molar-refractivity contribution in [2.75, 3.05) is 11.9 Å². The third kappa shape index (κ3) is 4.94. The maximum Gasteiger partial charge on any atom is 0.240 e. The van der Waals surface area contributed by atoms with E-state index in [4.69, 9.17) is 0 Å². The summed E-state index contributed by atoms with van der Waals surface area (Å²) in [5.41, 5.74) is 0.861. The van der Waals surface area contributed by atoms with E-state index in [-0.39, 0.29) is 18.1 Å². The van der Waals surface area contributed by atoms with E-state index < -0.39 is 32.5 Å². The molecule has 1 heterocycles. The van der Waals surface area contributed by atoms with Gasteiger partial charge in [0.2, 0.25) is 21.1 Å². The Morgan fingerprint density at radius 1 is 1.04 bits per heavy atom. The average molecular weight is 424 g/mol. The van der Waals surface area contributed by atoms with Crippen molar-refractivity contribution in [3.05, 3.63) is 60.2 Å². The molecule has 146 valence electrons. The van der Waals surface area contributed by atoms with Gasteiger partial charge in [0.05, 0.1) is 4.90 Å². The number of sulfonamides is 1. The highest BCUT2D eigenvalue weighted by Crippen LogP contribution is 2.25. The van der Waals surface area contributed by atoms with E-state index in [1.165, 1.54) is 11.3 Å².